The smallest absolute Gasteiger partial charge is 0.233 e. The predicted molar refractivity (Wildman–Crippen MR) is 49.8 cm³/mol. The Morgan fingerprint density at radius 1 is 1.45 bits per heavy atom. The van der Waals surface area contributed by atoms with E-state index in [1.165, 1.54) is 0 Å². The van der Waals surface area contributed by atoms with Crippen LogP contribution in [0.1, 0.15) is 6.92 Å². The number of nitrogens with zero attached hydrogens (tertiary/aromatic N) is 1. The van der Waals surface area contributed by atoms with Gasteiger partial charge in [-0.2, -0.15) is 0 Å². The fraction of sp³-hybridized carbons (Fsp3) is 0.857. The van der Waals surface area contributed by atoms with Crippen LogP contribution in [0.15, 0.2) is 0 Å². The molecule has 1 amide bonds. The highest BCUT2D eigenvalue weighted by Crippen LogP contribution is 2.09. The Morgan fingerprint density at radius 2 is 1.82 bits per heavy atom. The molecule has 0 aromatic carbocycles. The Kier molecular flexibility index (Phi) is 3.25. The molecule has 0 heterocycles. The molecule has 0 aliphatic carbocycles. The molecule has 0 fully saturated rings. The van der Waals surface area contributed by atoms with Crippen molar-refractivity contribution in [2.24, 2.45) is 5.73 Å². The predicted octanol–water partition coefficient (Wildman–Crippen LogP) is 0.627. The molecule has 0 aliphatic heterocycles. The van der Waals surface area contributed by atoms with E-state index in [1.807, 2.05) is 14.0 Å². The van der Waals surface area contributed by atoms with Crippen LogP contribution in [0.4, 0.5) is 0 Å². The number of hydrogen-bond donors (Lipinski definition) is 1. The van der Waals surface area contributed by atoms with Gasteiger partial charge in [-0.25, -0.2) is 0 Å². The molecule has 0 spiro atoms. The standard InChI is InChI=1S/C7H18N2OSi/c1-6(7(8)10)9(2)11(3,4)5/h6H,1-5H3,(H2,8,10). The number of rotatable bonds is 3. The number of carbonyl (C=O) groups is 1. The van der Waals surface area contributed by atoms with Gasteiger partial charge >= 0.3 is 0 Å². The van der Waals surface area contributed by atoms with Gasteiger partial charge in [0.25, 0.3) is 0 Å². The molecule has 2 N–H and O–H groups in total. The van der Waals surface area contributed by atoms with Gasteiger partial charge in [-0.15, -0.1) is 0 Å². The minimum atomic E-state index is -1.35. The highest BCUT2D eigenvalue weighted by atomic mass is 28.3. The number of primary amides is 1. The summed E-state index contributed by atoms with van der Waals surface area (Å²) in [4.78, 5) is 10.8. The fourth-order valence-electron chi connectivity index (χ4n) is 0.772. The quantitative estimate of drug-likeness (QED) is 0.638. The Bertz CT molecular complexity index is 153. The van der Waals surface area contributed by atoms with Crippen molar-refractivity contribution in [1.29, 1.82) is 0 Å². The lowest BCUT2D eigenvalue weighted by atomic mass is 10.3. The molecule has 3 nitrogen and oxygen atoms in total. The lowest BCUT2D eigenvalue weighted by Crippen LogP contribution is -2.52. The summed E-state index contributed by atoms with van der Waals surface area (Å²) < 4.78 is 2.09. The van der Waals surface area contributed by atoms with E-state index in [-0.39, 0.29) is 11.9 Å². The van der Waals surface area contributed by atoms with Crippen LogP contribution in [0.25, 0.3) is 0 Å². The molecule has 66 valence electrons. The van der Waals surface area contributed by atoms with Crippen LogP contribution in [-0.2, 0) is 4.79 Å². The molecule has 0 bridgehead atoms. The van der Waals surface area contributed by atoms with Gasteiger partial charge in [0.2, 0.25) is 5.91 Å². The van der Waals surface area contributed by atoms with Crippen LogP contribution < -0.4 is 5.73 Å². The molecular weight excluding hydrogens is 156 g/mol. The monoisotopic (exact) mass is 174 g/mol. The minimum Gasteiger partial charge on any atom is -0.368 e. The normalized spacial score (nSPS) is 15.1. The van der Waals surface area contributed by atoms with Gasteiger partial charge in [0, 0.05) is 0 Å². The van der Waals surface area contributed by atoms with Gasteiger partial charge in [0.1, 0.15) is 8.24 Å². The maximum absolute atomic E-state index is 10.8. The largest absolute Gasteiger partial charge is 0.368 e. The summed E-state index contributed by atoms with van der Waals surface area (Å²) in [5, 5.41) is 0. The van der Waals surface area contributed by atoms with E-state index in [1.54, 1.807) is 0 Å². The van der Waals surface area contributed by atoms with Crippen LogP contribution >= 0.6 is 0 Å². The van der Waals surface area contributed by atoms with Gasteiger partial charge in [-0.3, -0.25) is 4.79 Å². The summed E-state index contributed by atoms with van der Waals surface area (Å²) in [6.45, 7) is 8.41. The second kappa shape index (κ2) is 3.36. The van der Waals surface area contributed by atoms with Crippen molar-refractivity contribution in [2.45, 2.75) is 32.6 Å². The molecular formula is C7H18N2OSi. The number of hydrogen-bond acceptors (Lipinski definition) is 2. The first-order chi connectivity index (χ1) is 4.76. The zero-order valence-electron chi connectivity index (χ0n) is 8.01. The molecule has 0 aromatic heterocycles. The van der Waals surface area contributed by atoms with E-state index >= 15 is 0 Å². The van der Waals surface area contributed by atoms with Crippen molar-refractivity contribution in [3.8, 4) is 0 Å². The molecule has 0 aromatic rings. The van der Waals surface area contributed by atoms with Crippen molar-refractivity contribution >= 4 is 14.1 Å². The number of nitrogens with two attached hydrogens (primary N) is 1. The SMILES string of the molecule is CC(C(N)=O)N(C)[Si](C)(C)C. The molecule has 0 radical (unpaired) electrons. The molecule has 11 heavy (non-hydrogen) atoms. The highest BCUT2D eigenvalue weighted by Gasteiger charge is 2.26. The second-order valence-electron chi connectivity index (χ2n) is 3.86. The average Bonchev–Trinajstić information content (AvgIpc) is 1.82. The van der Waals surface area contributed by atoms with E-state index < -0.39 is 8.24 Å². The molecule has 0 rings (SSSR count). The van der Waals surface area contributed by atoms with Crippen molar-refractivity contribution in [1.82, 2.24) is 4.57 Å². The Hall–Kier alpha value is -0.353. The van der Waals surface area contributed by atoms with E-state index in [0.29, 0.717) is 0 Å². The Morgan fingerprint density at radius 3 is 1.91 bits per heavy atom. The van der Waals surface area contributed by atoms with Gasteiger partial charge in [0.15, 0.2) is 0 Å². The molecule has 0 saturated heterocycles. The van der Waals surface area contributed by atoms with Crippen molar-refractivity contribution < 1.29 is 4.79 Å². The fourth-order valence-corrected chi connectivity index (χ4v) is 2.06. The number of likely N-dealkylation sites (N-methyl/N-ethyl adjacent to an activating group) is 1. The molecule has 0 saturated carbocycles. The van der Waals surface area contributed by atoms with Crippen LogP contribution in [0.5, 0.6) is 0 Å². The highest BCUT2D eigenvalue weighted by molar-refractivity contribution is 6.73. The van der Waals surface area contributed by atoms with Crippen LogP contribution in [-0.4, -0.2) is 31.8 Å². The molecule has 4 heteroatoms. The van der Waals surface area contributed by atoms with Gasteiger partial charge < -0.3 is 10.3 Å². The Balaban J connectivity index is 4.25. The molecule has 1 atom stereocenters. The topological polar surface area (TPSA) is 46.3 Å². The van der Waals surface area contributed by atoms with Crippen molar-refractivity contribution in [3.05, 3.63) is 0 Å². The lowest BCUT2D eigenvalue weighted by molar-refractivity contribution is -0.121. The second-order valence-corrected chi connectivity index (χ2v) is 8.91. The molecule has 1 unspecified atom stereocenters. The zero-order chi connectivity index (χ0) is 9.23. The van der Waals surface area contributed by atoms with Crippen molar-refractivity contribution in [3.63, 3.8) is 0 Å². The van der Waals surface area contributed by atoms with Crippen LogP contribution in [0, 0.1) is 0 Å². The minimum absolute atomic E-state index is 0.137. The van der Waals surface area contributed by atoms with Gasteiger partial charge in [0.05, 0.1) is 6.04 Å². The summed E-state index contributed by atoms with van der Waals surface area (Å²) in [5.74, 6) is -0.241. The first kappa shape index (κ1) is 10.6. The number of amides is 1. The van der Waals surface area contributed by atoms with Gasteiger partial charge in [-0.1, -0.05) is 19.6 Å². The van der Waals surface area contributed by atoms with Gasteiger partial charge in [-0.05, 0) is 14.0 Å². The maximum atomic E-state index is 10.8. The lowest BCUT2D eigenvalue weighted by Gasteiger charge is -2.33. The van der Waals surface area contributed by atoms with E-state index in [9.17, 15) is 4.79 Å². The summed E-state index contributed by atoms with van der Waals surface area (Å²) in [6, 6.07) is -0.137. The summed E-state index contributed by atoms with van der Waals surface area (Å²) >= 11 is 0. The van der Waals surface area contributed by atoms with Crippen molar-refractivity contribution in [2.75, 3.05) is 7.05 Å². The van der Waals surface area contributed by atoms with E-state index in [4.69, 9.17) is 5.73 Å². The molecule has 0 aliphatic rings. The zero-order valence-corrected chi connectivity index (χ0v) is 9.01. The average molecular weight is 174 g/mol. The third-order valence-corrected chi connectivity index (χ3v) is 4.55. The summed E-state index contributed by atoms with van der Waals surface area (Å²) in [5.41, 5.74) is 5.18. The first-order valence-electron chi connectivity index (χ1n) is 3.79. The summed E-state index contributed by atoms with van der Waals surface area (Å²) in [6.07, 6.45) is 0. The number of carbonyl (C=O) groups excluding carboxylic acids is 1. The Labute approximate surface area is 69.7 Å². The van der Waals surface area contributed by atoms with E-state index in [2.05, 4.69) is 24.2 Å². The van der Waals surface area contributed by atoms with Crippen LogP contribution in [0.2, 0.25) is 19.6 Å². The third-order valence-electron chi connectivity index (χ3n) is 2.05. The third kappa shape index (κ3) is 3.03. The first-order valence-corrected chi connectivity index (χ1v) is 7.24. The maximum Gasteiger partial charge on any atom is 0.233 e. The van der Waals surface area contributed by atoms with E-state index in [0.717, 1.165) is 0 Å². The van der Waals surface area contributed by atoms with Crippen LogP contribution in [0.3, 0.4) is 0 Å². The summed E-state index contributed by atoms with van der Waals surface area (Å²) in [7, 11) is 0.606.